The van der Waals surface area contributed by atoms with Gasteiger partial charge in [0, 0.05) is 12.2 Å². The molecule has 0 fully saturated rings. The van der Waals surface area contributed by atoms with Crippen LogP contribution in [0.25, 0.3) is 0 Å². The maximum absolute atomic E-state index is 12.5. The van der Waals surface area contributed by atoms with E-state index in [0.717, 1.165) is 37.4 Å². The predicted molar refractivity (Wildman–Crippen MR) is 108 cm³/mol. The third-order valence-electron chi connectivity index (χ3n) is 4.77. The molecule has 0 unspecified atom stereocenters. The van der Waals surface area contributed by atoms with Crippen molar-refractivity contribution in [3.8, 4) is 0 Å². The van der Waals surface area contributed by atoms with Crippen molar-refractivity contribution in [3.63, 3.8) is 0 Å². The molecule has 0 aromatic heterocycles. The largest absolute Gasteiger partial charge is 0.462 e. The van der Waals surface area contributed by atoms with Crippen molar-refractivity contribution in [2.24, 2.45) is 0 Å². The molecule has 0 aliphatic carbocycles. The number of benzene rings is 2. The minimum Gasteiger partial charge on any atom is -0.462 e. The SMILES string of the molecule is CCN(CC)CCCOC(=O)c1ccccc1Nc1cccc(C)c1C. The topological polar surface area (TPSA) is 41.6 Å². The summed E-state index contributed by atoms with van der Waals surface area (Å²) in [6.45, 7) is 11.9. The van der Waals surface area contributed by atoms with Crippen LogP contribution in [0.1, 0.15) is 41.8 Å². The fourth-order valence-electron chi connectivity index (χ4n) is 2.87. The van der Waals surface area contributed by atoms with Crippen LogP contribution in [0.2, 0.25) is 0 Å². The number of hydrogen-bond acceptors (Lipinski definition) is 4. The van der Waals surface area contributed by atoms with Gasteiger partial charge in [-0.05, 0) is 62.7 Å². The number of para-hydroxylation sites is 1. The summed E-state index contributed by atoms with van der Waals surface area (Å²) in [4.78, 5) is 14.8. The van der Waals surface area contributed by atoms with Gasteiger partial charge >= 0.3 is 5.97 Å². The van der Waals surface area contributed by atoms with Crippen LogP contribution in [0.3, 0.4) is 0 Å². The smallest absolute Gasteiger partial charge is 0.340 e. The molecule has 0 amide bonds. The maximum atomic E-state index is 12.5. The first-order valence-corrected chi connectivity index (χ1v) is 9.38. The van der Waals surface area contributed by atoms with E-state index in [1.54, 1.807) is 6.07 Å². The summed E-state index contributed by atoms with van der Waals surface area (Å²) in [7, 11) is 0. The van der Waals surface area contributed by atoms with E-state index in [2.05, 4.69) is 44.0 Å². The van der Waals surface area contributed by atoms with Gasteiger partial charge in [-0.2, -0.15) is 0 Å². The number of nitrogens with zero attached hydrogens (tertiary/aromatic N) is 1. The van der Waals surface area contributed by atoms with E-state index in [1.807, 2.05) is 30.3 Å². The first-order chi connectivity index (χ1) is 12.6. The van der Waals surface area contributed by atoms with Crippen molar-refractivity contribution in [1.29, 1.82) is 0 Å². The summed E-state index contributed by atoms with van der Waals surface area (Å²) in [5.41, 5.74) is 4.74. The molecule has 2 rings (SSSR count). The van der Waals surface area contributed by atoms with Crippen LogP contribution in [0.5, 0.6) is 0 Å². The molecule has 0 aliphatic heterocycles. The third kappa shape index (κ3) is 5.33. The molecule has 140 valence electrons. The van der Waals surface area contributed by atoms with Crippen LogP contribution in [-0.2, 0) is 4.74 Å². The van der Waals surface area contributed by atoms with Gasteiger partial charge in [-0.25, -0.2) is 4.79 Å². The highest BCUT2D eigenvalue weighted by atomic mass is 16.5. The second kappa shape index (κ2) is 9.97. The molecular weight excluding hydrogens is 324 g/mol. The molecule has 4 nitrogen and oxygen atoms in total. The summed E-state index contributed by atoms with van der Waals surface area (Å²) >= 11 is 0. The standard InChI is InChI=1S/C22H30N2O2/c1-5-24(6-2)15-10-16-26-22(25)19-12-7-8-13-21(19)23-20-14-9-11-17(3)18(20)4/h7-9,11-14,23H,5-6,10,15-16H2,1-4H3. The Labute approximate surface area is 157 Å². The Morgan fingerprint density at radius 1 is 1.00 bits per heavy atom. The van der Waals surface area contributed by atoms with E-state index in [4.69, 9.17) is 4.74 Å². The molecule has 0 spiro atoms. The fraction of sp³-hybridized carbons (Fsp3) is 0.409. The number of carbonyl (C=O) groups excluding carboxylic acids is 1. The van der Waals surface area contributed by atoms with Gasteiger partial charge in [-0.3, -0.25) is 0 Å². The van der Waals surface area contributed by atoms with E-state index in [9.17, 15) is 4.79 Å². The highest BCUT2D eigenvalue weighted by molar-refractivity contribution is 5.96. The molecular formula is C22H30N2O2. The number of rotatable bonds is 9. The van der Waals surface area contributed by atoms with Gasteiger partial charge in [0.05, 0.1) is 17.9 Å². The lowest BCUT2D eigenvalue weighted by Crippen LogP contribution is -2.25. The second-order valence-corrected chi connectivity index (χ2v) is 6.43. The quantitative estimate of drug-likeness (QED) is 0.512. The Balaban J connectivity index is 2.01. The van der Waals surface area contributed by atoms with Gasteiger partial charge in [0.2, 0.25) is 0 Å². The van der Waals surface area contributed by atoms with Crippen molar-refractivity contribution in [2.75, 3.05) is 31.6 Å². The van der Waals surface area contributed by atoms with Crippen LogP contribution in [0, 0.1) is 13.8 Å². The Morgan fingerprint density at radius 3 is 2.42 bits per heavy atom. The average molecular weight is 354 g/mol. The number of ether oxygens (including phenoxy) is 1. The molecule has 2 aromatic carbocycles. The molecule has 0 aliphatic rings. The lowest BCUT2D eigenvalue weighted by atomic mass is 10.1. The Morgan fingerprint density at radius 2 is 1.69 bits per heavy atom. The average Bonchev–Trinajstić information content (AvgIpc) is 2.66. The minimum absolute atomic E-state index is 0.280. The van der Waals surface area contributed by atoms with E-state index in [-0.39, 0.29) is 5.97 Å². The monoisotopic (exact) mass is 354 g/mol. The lowest BCUT2D eigenvalue weighted by molar-refractivity contribution is 0.0490. The molecule has 1 N–H and O–H groups in total. The van der Waals surface area contributed by atoms with Crippen molar-refractivity contribution < 1.29 is 9.53 Å². The van der Waals surface area contributed by atoms with E-state index in [1.165, 1.54) is 11.1 Å². The number of esters is 1. The van der Waals surface area contributed by atoms with E-state index < -0.39 is 0 Å². The normalized spacial score (nSPS) is 10.8. The van der Waals surface area contributed by atoms with Crippen LogP contribution < -0.4 is 5.32 Å². The Bertz CT molecular complexity index is 724. The molecule has 2 aromatic rings. The first-order valence-electron chi connectivity index (χ1n) is 9.38. The van der Waals surface area contributed by atoms with Crippen LogP contribution in [-0.4, -0.2) is 37.1 Å². The molecule has 0 bridgehead atoms. The zero-order valence-corrected chi connectivity index (χ0v) is 16.3. The van der Waals surface area contributed by atoms with Crippen molar-refractivity contribution in [3.05, 3.63) is 59.2 Å². The Kier molecular flexibility index (Phi) is 7.67. The summed E-state index contributed by atoms with van der Waals surface area (Å²) in [5, 5.41) is 3.38. The lowest BCUT2D eigenvalue weighted by Gasteiger charge is -2.18. The molecule has 0 atom stereocenters. The summed E-state index contributed by atoms with van der Waals surface area (Å²) in [6.07, 6.45) is 0.847. The maximum Gasteiger partial charge on any atom is 0.340 e. The fourth-order valence-corrected chi connectivity index (χ4v) is 2.87. The third-order valence-corrected chi connectivity index (χ3v) is 4.77. The van der Waals surface area contributed by atoms with Gasteiger partial charge in [0.1, 0.15) is 0 Å². The predicted octanol–water partition coefficient (Wildman–Crippen LogP) is 4.94. The number of hydrogen-bond donors (Lipinski definition) is 1. The van der Waals surface area contributed by atoms with Gasteiger partial charge in [0.15, 0.2) is 0 Å². The van der Waals surface area contributed by atoms with Crippen LogP contribution >= 0.6 is 0 Å². The zero-order valence-electron chi connectivity index (χ0n) is 16.3. The van der Waals surface area contributed by atoms with Gasteiger partial charge in [0.25, 0.3) is 0 Å². The number of anilines is 2. The molecule has 0 heterocycles. The highest BCUT2D eigenvalue weighted by Gasteiger charge is 2.13. The number of carbonyl (C=O) groups is 1. The minimum atomic E-state index is -0.280. The summed E-state index contributed by atoms with van der Waals surface area (Å²) in [5.74, 6) is -0.280. The van der Waals surface area contributed by atoms with Crippen molar-refractivity contribution >= 4 is 17.3 Å². The number of nitrogens with one attached hydrogen (secondary N) is 1. The Hall–Kier alpha value is -2.33. The summed E-state index contributed by atoms with van der Waals surface area (Å²) in [6, 6.07) is 13.6. The highest BCUT2D eigenvalue weighted by Crippen LogP contribution is 2.25. The molecule has 0 saturated carbocycles. The van der Waals surface area contributed by atoms with Crippen LogP contribution in [0.15, 0.2) is 42.5 Å². The molecule has 0 radical (unpaired) electrons. The summed E-state index contributed by atoms with van der Waals surface area (Å²) < 4.78 is 5.49. The first kappa shape index (κ1) is 20.0. The second-order valence-electron chi connectivity index (χ2n) is 6.43. The molecule has 0 saturated heterocycles. The van der Waals surface area contributed by atoms with E-state index >= 15 is 0 Å². The van der Waals surface area contributed by atoms with Gasteiger partial charge in [-0.1, -0.05) is 38.1 Å². The van der Waals surface area contributed by atoms with Gasteiger partial charge < -0.3 is 15.0 Å². The van der Waals surface area contributed by atoms with Crippen LogP contribution in [0.4, 0.5) is 11.4 Å². The molecule has 26 heavy (non-hydrogen) atoms. The van der Waals surface area contributed by atoms with E-state index in [0.29, 0.717) is 12.2 Å². The number of aryl methyl sites for hydroxylation is 1. The molecule has 4 heteroatoms. The zero-order chi connectivity index (χ0) is 18.9. The van der Waals surface area contributed by atoms with Crippen molar-refractivity contribution in [2.45, 2.75) is 34.1 Å². The van der Waals surface area contributed by atoms with Gasteiger partial charge in [-0.15, -0.1) is 0 Å². The van der Waals surface area contributed by atoms with Crippen molar-refractivity contribution in [1.82, 2.24) is 4.90 Å².